The van der Waals surface area contributed by atoms with Gasteiger partial charge in [-0.15, -0.1) is 0 Å². The van der Waals surface area contributed by atoms with E-state index in [4.69, 9.17) is 14.0 Å². The number of hydrogen-bond acceptors (Lipinski definition) is 11. The van der Waals surface area contributed by atoms with E-state index >= 15 is 0 Å². The van der Waals surface area contributed by atoms with E-state index in [0.29, 0.717) is 80.7 Å². The summed E-state index contributed by atoms with van der Waals surface area (Å²) in [5, 5.41) is 10.6. The van der Waals surface area contributed by atoms with Crippen LogP contribution in [0.25, 0.3) is 0 Å². The van der Waals surface area contributed by atoms with Crippen LogP contribution in [-0.4, -0.2) is 110 Å². The van der Waals surface area contributed by atoms with E-state index in [1.807, 2.05) is 59.4 Å². The van der Waals surface area contributed by atoms with Gasteiger partial charge >= 0.3 is 24.3 Å². The van der Waals surface area contributed by atoms with Crippen LogP contribution in [0.3, 0.4) is 0 Å². The van der Waals surface area contributed by atoms with Crippen molar-refractivity contribution in [1.82, 2.24) is 29.8 Å². The maximum absolute atomic E-state index is 13.2. The first kappa shape index (κ1) is 43.4. The lowest BCUT2D eigenvalue weighted by Gasteiger charge is -2.36. The minimum atomic E-state index is -4.87. The van der Waals surface area contributed by atoms with Crippen molar-refractivity contribution < 1.29 is 41.6 Å². The molecule has 14 nitrogen and oxygen atoms in total. The molecule has 1 aliphatic carbocycles. The SMILES string of the molecule is Cc1cc(NC2CCN(C(=O)C(F)(F)F)CC2)nc(NCc2cc(CCCN(CCCN(C(=O)OC(C)(C)C)C3CCCCC3)C(=O)OC(C)(C)C)on2)n1. The number of hydrogen-bond donors (Lipinski definition) is 2. The van der Waals surface area contributed by atoms with Crippen molar-refractivity contribution in [1.29, 1.82) is 0 Å². The molecule has 2 N–H and O–H groups in total. The quantitative estimate of drug-likeness (QED) is 0.196. The molecule has 55 heavy (non-hydrogen) atoms. The predicted octanol–water partition coefficient (Wildman–Crippen LogP) is 7.48. The van der Waals surface area contributed by atoms with Crippen LogP contribution in [0.5, 0.6) is 0 Å². The van der Waals surface area contributed by atoms with Gasteiger partial charge in [-0.25, -0.2) is 14.6 Å². The van der Waals surface area contributed by atoms with Gasteiger partial charge in [-0.3, -0.25) is 4.79 Å². The summed E-state index contributed by atoms with van der Waals surface area (Å²) in [6, 6.07) is 3.57. The number of ether oxygens (including phenoxy) is 2. The Kier molecular flexibility index (Phi) is 15.0. The molecule has 0 aromatic carbocycles. The number of likely N-dealkylation sites (tertiary alicyclic amines) is 1. The maximum atomic E-state index is 13.2. The van der Waals surface area contributed by atoms with Gasteiger partial charge in [0, 0.05) is 69.1 Å². The molecule has 0 unspecified atom stereocenters. The number of carbonyl (C=O) groups is 3. The molecule has 1 saturated carbocycles. The highest BCUT2D eigenvalue weighted by Gasteiger charge is 2.43. The number of amides is 3. The third-order valence-electron chi connectivity index (χ3n) is 9.24. The van der Waals surface area contributed by atoms with Crippen molar-refractivity contribution in [2.24, 2.45) is 0 Å². The van der Waals surface area contributed by atoms with Gasteiger partial charge in [-0.05, 0) is 87.0 Å². The van der Waals surface area contributed by atoms with E-state index in [9.17, 15) is 27.6 Å². The normalized spacial score (nSPS) is 16.1. The molecule has 2 aromatic heterocycles. The summed E-state index contributed by atoms with van der Waals surface area (Å²) in [6.07, 6.45) is 2.05. The molecule has 3 heterocycles. The van der Waals surface area contributed by atoms with Crippen LogP contribution in [0.2, 0.25) is 0 Å². The molecule has 2 aliphatic rings. The van der Waals surface area contributed by atoms with Crippen LogP contribution < -0.4 is 10.6 Å². The second kappa shape index (κ2) is 19.0. The van der Waals surface area contributed by atoms with Crippen molar-refractivity contribution in [3.05, 3.63) is 29.3 Å². The first-order valence-electron chi connectivity index (χ1n) is 19.4. The van der Waals surface area contributed by atoms with Crippen molar-refractivity contribution in [2.45, 2.75) is 149 Å². The van der Waals surface area contributed by atoms with E-state index in [0.717, 1.165) is 30.6 Å². The van der Waals surface area contributed by atoms with E-state index in [2.05, 4.69) is 25.8 Å². The van der Waals surface area contributed by atoms with Gasteiger partial charge in [0.05, 0.1) is 6.54 Å². The van der Waals surface area contributed by atoms with Gasteiger partial charge in [-0.2, -0.15) is 18.2 Å². The molecule has 3 amide bonds. The largest absolute Gasteiger partial charge is 0.471 e. The van der Waals surface area contributed by atoms with Crippen LogP contribution in [0.15, 0.2) is 16.7 Å². The standard InChI is InChI=1S/C38H59F3N8O6/c1-26-23-31(44-27-16-21-47(22-17-27)32(50)38(39,40)41)45-33(43-26)42-25-28-24-30(55-46-28)15-11-18-48(34(51)53-36(2,3)4)19-12-20-49(29-13-9-8-10-14-29)35(52)54-37(5,6)7/h23-24,27,29H,8-22,25H2,1-7H3,(H2,42,43,44,45). The Hall–Kier alpha value is -4.31. The highest BCUT2D eigenvalue weighted by Crippen LogP contribution is 2.26. The predicted molar refractivity (Wildman–Crippen MR) is 200 cm³/mol. The summed E-state index contributed by atoms with van der Waals surface area (Å²) in [5.41, 5.74) is 0.0530. The Morgan fingerprint density at radius 2 is 1.51 bits per heavy atom. The summed E-state index contributed by atoms with van der Waals surface area (Å²) in [5.74, 6) is -0.285. The fourth-order valence-electron chi connectivity index (χ4n) is 6.70. The number of nitrogens with zero attached hydrogens (tertiary/aromatic N) is 6. The number of rotatable bonds is 14. The molecule has 0 spiro atoms. The molecular weight excluding hydrogens is 721 g/mol. The average Bonchev–Trinajstić information content (AvgIpc) is 3.54. The molecule has 1 aliphatic heterocycles. The highest BCUT2D eigenvalue weighted by atomic mass is 19.4. The van der Waals surface area contributed by atoms with Crippen molar-refractivity contribution >= 4 is 29.9 Å². The summed E-state index contributed by atoms with van der Waals surface area (Å²) >= 11 is 0. The average molecular weight is 781 g/mol. The van der Waals surface area contributed by atoms with Crippen LogP contribution in [0, 0.1) is 6.92 Å². The smallest absolute Gasteiger partial charge is 0.444 e. The summed E-state index contributed by atoms with van der Waals surface area (Å²) < 4.78 is 55.5. The van der Waals surface area contributed by atoms with Crippen molar-refractivity contribution in [3.63, 3.8) is 0 Å². The molecular formula is C38H59F3N8O6. The van der Waals surface area contributed by atoms with E-state index < -0.39 is 29.4 Å². The fourth-order valence-corrected chi connectivity index (χ4v) is 6.70. The van der Waals surface area contributed by atoms with Gasteiger partial charge in [0.15, 0.2) is 0 Å². The third-order valence-corrected chi connectivity index (χ3v) is 9.24. The lowest BCUT2D eigenvalue weighted by Crippen LogP contribution is -2.47. The zero-order chi connectivity index (χ0) is 40.4. The number of nitrogens with one attached hydrogen (secondary N) is 2. The monoisotopic (exact) mass is 780 g/mol. The summed E-state index contributed by atoms with van der Waals surface area (Å²) in [4.78, 5) is 51.3. The number of alkyl halides is 3. The summed E-state index contributed by atoms with van der Waals surface area (Å²) in [7, 11) is 0. The molecule has 2 aromatic rings. The van der Waals surface area contributed by atoms with E-state index in [1.54, 1.807) is 11.0 Å². The van der Waals surface area contributed by atoms with E-state index in [1.165, 1.54) is 6.42 Å². The second-order valence-corrected chi connectivity index (χ2v) is 16.5. The van der Waals surface area contributed by atoms with Gasteiger partial charge in [-0.1, -0.05) is 24.4 Å². The minimum Gasteiger partial charge on any atom is -0.444 e. The maximum Gasteiger partial charge on any atom is 0.471 e. The third kappa shape index (κ3) is 14.7. The van der Waals surface area contributed by atoms with Crippen LogP contribution in [0.1, 0.15) is 116 Å². The summed E-state index contributed by atoms with van der Waals surface area (Å²) in [6.45, 7) is 14.5. The zero-order valence-corrected chi connectivity index (χ0v) is 33.4. The van der Waals surface area contributed by atoms with Gasteiger partial charge < -0.3 is 39.3 Å². The Morgan fingerprint density at radius 1 is 0.873 bits per heavy atom. The van der Waals surface area contributed by atoms with Crippen LogP contribution in [0.4, 0.5) is 34.5 Å². The van der Waals surface area contributed by atoms with Gasteiger partial charge in [0.2, 0.25) is 5.95 Å². The first-order valence-corrected chi connectivity index (χ1v) is 19.4. The molecule has 0 bridgehead atoms. The number of halogens is 3. The van der Waals surface area contributed by atoms with Gasteiger partial charge in [0.1, 0.15) is 28.5 Å². The lowest BCUT2D eigenvalue weighted by atomic mass is 9.94. The second-order valence-electron chi connectivity index (χ2n) is 16.5. The minimum absolute atomic E-state index is 0.00762. The topological polar surface area (TPSA) is 155 Å². The van der Waals surface area contributed by atoms with Crippen molar-refractivity contribution in [2.75, 3.05) is 43.4 Å². The Labute approximate surface area is 322 Å². The van der Waals surface area contributed by atoms with E-state index in [-0.39, 0.29) is 37.8 Å². The molecule has 2 fully saturated rings. The first-order chi connectivity index (χ1) is 25.8. The molecule has 0 radical (unpaired) electrons. The Bertz CT molecular complexity index is 1560. The highest BCUT2D eigenvalue weighted by molar-refractivity contribution is 5.82. The molecule has 308 valence electrons. The van der Waals surface area contributed by atoms with Gasteiger partial charge in [0.25, 0.3) is 0 Å². The lowest BCUT2D eigenvalue weighted by molar-refractivity contribution is -0.186. The van der Waals surface area contributed by atoms with Crippen LogP contribution >= 0.6 is 0 Å². The Morgan fingerprint density at radius 3 is 2.15 bits per heavy atom. The fraction of sp³-hybridized carbons (Fsp3) is 0.737. The van der Waals surface area contributed by atoms with Crippen molar-refractivity contribution in [3.8, 4) is 0 Å². The molecule has 1 saturated heterocycles. The van der Waals surface area contributed by atoms with Crippen LogP contribution in [-0.2, 0) is 27.2 Å². The molecule has 4 rings (SSSR count). The molecule has 0 atom stereocenters. The number of aryl methyl sites for hydroxylation is 2. The molecule has 17 heteroatoms. The Balaban J connectivity index is 1.28. The number of carbonyl (C=O) groups excluding carboxylic acids is 3. The zero-order valence-electron chi connectivity index (χ0n) is 33.4. The number of anilines is 2. The number of piperidine rings is 1. The number of aromatic nitrogens is 3.